The van der Waals surface area contributed by atoms with E-state index in [1.807, 2.05) is 11.8 Å². The summed E-state index contributed by atoms with van der Waals surface area (Å²) < 4.78 is 4.98. The van der Waals surface area contributed by atoms with Crippen LogP contribution in [0.4, 0.5) is 0 Å². The number of carbonyl (C=O) groups is 1. The summed E-state index contributed by atoms with van der Waals surface area (Å²) >= 11 is 0. The molecule has 1 unspecified atom stereocenters. The van der Waals surface area contributed by atoms with Crippen molar-refractivity contribution in [2.45, 2.75) is 19.9 Å². The molecule has 1 aliphatic heterocycles. The van der Waals surface area contributed by atoms with E-state index in [9.17, 15) is 4.79 Å². The molecule has 1 fully saturated rings. The highest BCUT2D eigenvalue weighted by Crippen LogP contribution is 2.06. The van der Waals surface area contributed by atoms with E-state index in [1.54, 1.807) is 7.11 Å². The molecule has 0 aromatic rings. The van der Waals surface area contributed by atoms with Gasteiger partial charge in [-0.05, 0) is 6.92 Å². The van der Waals surface area contributed by atoms with Gasteiger partial charge in [0.15, 0.2) is 0 Å². The van der Waals surface area contributed by atoms with Crippen LogP contribution in [0.5, 0.6) is 0 Å². The van der Waals surface area contributed by atoms with Gasteiger partial charge in [-0.15, -0.1) is 0 Å². The molecule has 0 saturated carbocycles. The number of nitrogens with zero attached hydrogens (tertiary/aromatic N) is 1. The van der Waals surface area contributed by atoms with Crippen LogP contribution in [-0.4, -0.2) is 50.2 Å². The summed E-state index contributed by atoms with van der Waals surface area (Å²) in [6.45, 7) is 7.05. The summed E-state index contributed by atoms with van der Waals surface area (Å²) in [6.07, 6.45) is 0. The first-order chi connectivity index (χ1) is 6.65. The van der Waals surface area contributed by atoms with E-state index in [1.165, 1.54) is 0 Å². The predicted octanol–water partition coefficient (Wildman–Crippen LogP) is 0.0892. The van der Waals surface area contributed by atoms with Crippen LogP contribution in [0.2, 0.25) is 0 Å². The summed E-state index contributed by atoms with van der Waals surface area (Å²) in [5.74, 6) is 0.186. The fraction of sp³-hybridized carbons (Fsp3) is 0.900. The lowest BCUT2D eigenvalue weighted by atomic mass is 10.1. The van der Waals surface area contributed by atoms with Crippen molar-refractivity contribution >= 4 is 5.91 Å². The number of piperazine rings is 1. The number of carbonyl (C=O) groups excluding carboxylic acids is 1. The highest BCUT2D eigenvalue weighted by atomic mass is 16.5. The van der Waals surface area contributed by atoms with Crippen LogP contribution in [0.1, 0.15) is 13.8 Å². The van der Waals surface area contributed by atoms with E-state index in [4.69, 9.17) is 4.74 Å². The van der Waals surface area contributed by atoms with Gasteiger partial charge in [0.05, 0.1) is 12.5 Å². The average molecular weight is 200 g/mol. The van der Waals surface area contributed by atoms with Gasteiger partial charge in [-0.3, -0.25) is 4.79 Å². The number of nitrogens with one attached hydrogen (secondary N) is 1. The van der Waals surface area contributed by atoms with Crippen molar-refractivity contribution in [3.63, 3.8) is 0 Å². The number of hydrogen-bond acceptors (Lipinski definition) is 3. The third kappa shape index (κ3) is 2.96. The summed E-state index contributed by atoms with van der Waals surface area (Å²) in [5.41, 5.74) is 0. The maximum atomic E-state index is 11.9. The molecule has 0 aliphatic carbocycles. The summed E-state index contributed by atoms with van der Waals surface area (Å²) in [6, 6.07) is 0.405. The number of rotatable bonds is 3. The van der Waals surface area contributed by atoms with Crippen molar-refractivity contribution in [2.75, 3.05) is 33.4 Å². The van der Waals surface area contributed by atoms with Gasteiger partial charge in [-0.1, -0.05) is 6.92 Å². The highest BCUT2D eigenvalue weighted by molar-refractivity contribution is 5.78. The minimum Gasteiger partial charge on any atom is -0.384 e. The molecule has 0 radical (unpaired) electrons. The fourth-order valence-corrected chi connectivity index (χ4v) is 1.77. The second-order valence-corrected chi connectivity index (χ2v) is 4.00. The number of methoxy groups -OCH3 is 1. The van der Waals surface area contributed by atoms with Gasteiger partial charge in [0, 0.05) is 32.8 Å². The molecular formula is C10H20N2O2. The Morgan fingerprint density at radius 3 is 3.00 bits per heavy atom. The topological polar surface area (TPSA) is 41.6 Å². The van der Waals surface area contributed by atoms with E-state index in [-0.39, 0.29) is 11.8 Å². The molecule has 1 N–H and O–H groups in total. The van der Waals surface area contributed by atoms with Crippen LogP contribution in [0.3, 0.4) is 0 Å². The Bertz CT molecular complexity index is 197. The Labute approximate surface area is 85.6 Å². The second kappa shape index (κ2) is 5.32. The van der Waals surface area contributed by atoms with Gasteiger partial charge in [0.1, 0.15) is 0 Å². The number of ether oxygens (including phenoxy) is 1. The van der Waals surface area contributed by atoms with Crippen LogP contribution in [0.15, 0.2) is 0 Å². The largest absolute Gasteiger partial charge is 0.384 e. The molecule has 1 amide bonds. The summed E-state index contributed by atoms with van der Waals surface area (Å²) in [5, 5.41) is 3.31. The monoisotopic (exact) mass is 200 g/mol. The zero-order chi connectivity index (χ0) is 10.6. The molecule has 4 heteroatoms. The Morgan fingerprint density at radius 2 is 2.43 bits per heavy atom. The Hall–Kier alpha value is -0.610. The van der Waals surface area contributed by atoms with Crippen LogP contribution in [0, 0.1) is 5.92 Å². The first kappa shape index (κ1) is 11.5. The maximum Gasteiger partial charge on any atom is 0.227 e. The zero-order valence-electron chi connectivity index (χ0n) is 9.25. The SMILES string of the molecule is COCC(C)C(=O)N1CCN[C@@H](C)C1. The minimum absolute atomic E-state index is 0.0229. The third-order valence-electron chi connectivity index (χ3n) is 2.52. The van der Waals surface area contributed by atoms with Crippen molar-refractivity contribution in [2.24, 2.45) is 5.92 Å². The lowest BCUT2D eigenvalue weighted by molar-refractivity contribution is -0.137. The second-order valence-electron chi connectivity index (χ2n) is 4.00. The van der Waals surface area contributed by atoms with Crippen molar-refractivity contribution < 1.29 is 9.53 Å². The molecule has 0 spiro atoms. The van der Waals surface area contributed by atoms with Crippen molar-refractivity contribution in [1.82, 2.24) is 10.2 Å². The van der Waals surface area contributed by atoms with Gasteiger partial charge in [-0.2, -0.15) is 0 Å². The van der Waals surface area contributed by atoms with Gasteiger partial charge in [0.25, 0.3) is 0 Å². The third-order valence-corrected chi connectivity index (χ3v) is 2.52. The molecule has 1 heterocycles. The van der Waals surface area contributed by atoms with Crippen LogP contribution < -0.4 is 5.32 Å². The molecular weight excluding hydrogens is 180 g/mol. The van der Waals surface area contributed by atoms with Gasteiger partial charge < -0.3 is 15.0 Å². The molecule has 0 aromatic heterocycles. The molecule has 4 nitrogen and oxygen atoms in total. The lowest BCUT2D eigenvalue weighted by Crippen LogP contribution is -2.52. The molecule has 1 rings (SSSR count). The molecule has 14 heavy (non-hydrogen) atoms. The number of hydrogen-bond donors (Lipinski definition) is 1. The van der Waals surface area contributed by atoms with Gasteiger partial charge in [-0.25, -0.2) is 0 Å². The summed E-state index contributed by atoms with van der Waals surface area (Å²) in [4.78, 5) is 13.8. The van der Waals surface area contributed by atoms with Crippen molar-refractivity contribution in [3.05, 3.63) is 0 Å². The van der Waals surface area contributed by atoms with Crippen LogP contribution >= 0.6 is 0 Å². The normalized spacial score (nSPS) is 24.8. The first-order valence-corrected chi connectivity index (χ1v) is 5.16. The molecule has 1 aliphatic rings. The summed E-state index contributed by atoms with van der Waals surface area (Å²) in [7, 11) is 1.63. The van der Waals surface area contributed by atoms with Crippen molar-refractivity contribution in [1.29, 1.82) is 0 Å². The van der Waals surface area contributed by atoms with Gasteiger partial charge >= 0.3 is 0 Å². The molecule has 1 saturated heterocycles. The van der Waals surface area contributed by atoms with Crippen molar-refractivity contribution in [3.8, 4) is 0 Å². The zero-order valence-corrected chi connectivity index (χ0v) is 9.25. The maximum absolute atomic E-state index is 11.9. The lowest BCUT2D eigenvalue weighted by Gasteiger charge is -2.33. The first-order valence-electron chi connectivity index (χ1n) is 5.16. The molecule has 0 bridgehead atoms. The minimum atomic E-state index is -0.0229. The molecule has 2 atom stereocenters. The standard InChI is InChI=1S/C10H20N2O2/c1-8(7-14-3)10(13)12-5-4-11-9(2)6-12/h8-9,11H,4-7H2,1-3H3/t8?,9-/m0/s1. The fourth-order valence-electron chi connectivity index (χ4n) is 1.77. The van der Waals surface area contributed by atoms with Crippen LogP contribution in [-0.2, 0) is 9.53 Å². The Kier molecular flexibility index (Phi) is 4.35. The Balaban J connectivity index is 2.42. The van der Waals surface area contributed by atoms with Gasteiger partial charge in [0.2, 0.25) is 5.91 Å². The van der Waals surface area contributed by atoms with E-state index in [0.29, 0.717) is 12.6 Å². The molecule has 82 valence electrons. The number of amides is 1. The smallest absolute Gasteiger partial charge is 0.227 e. The average Bonchev–Trinajstić information content (AvgIpc) is 2.17. The van der Waals surface area contributed by atoms with E-state index in [2.05, 4.69) is 12.2 Å². The Morgan fingerprint density at radius 1 is 1.71 bits per heavy atom. The highest BCUT2D eigenvalue weighted by Gasteiger charge is 2.24. The quantitative estimate of drug-likeness (QED) is 0.702. The van der Waals surface area contributed by atoms with E-state index in [0.717, 1.165) is 19.6 Å². The van der Waals surface area contributed by atoms with Crippen LogP contribution in [0.25, 0.3) is 0 Å². The van der Waals surface area contributed by atoms with E-state index >= 15 is 0 Å². The van der Waals surface area contributed by atoms with E-state index < -0.39 is 0 Å². The predicted molar refractivity (Wildman–Crippen MR) is 55.1 cm³/mol. The molecule has 0 aromatic carbocycles.